The Labute approximate surface area is 97.2 Å². The Morgan fingerprint density at radius 1 is 1.60 bits per heavy atom. The third-order valence-electron chi connectivity index (χ3n) is 2.73. The van der Waals surface area contributed by atoms with E-state index in [0.717, 1.165) is 16.8 Å². The van der Waals surface area contributed by atoms with Crippen molar-refractivity contribution in [3.05, 3.63) is 10.8 Å². The molecule has 82 valence electrons. The summed E-state index contributed by atoms with van der Waals surface area (Å²) in [5.74, 6) is 6.91. The molecule has 0 bridgehead atoms. The fourth-order valence-electron chi connectivity index (χ4n) is 1.91. The minimum Gasteiger partial charge on any atom is -0.353 e. The number of anilines is 2. The molecule has 0 amide bonds. The number of nitrogen functional groups attached to an aromatic ring is 1. The lowest BCUT2D eigenvalue weighted by atomic mass is 10.2. The molecule has 1 unspecified atom stereocenters. The second kappa shape index (κ2) is 4.32. The quantitative estimate of drug-likeness (QED) is 0.631. The molecular weight excluding hydrogens is 258 g/mol. The van der Waals surface area contributed by atoms with Crippen molar-refractivity contribution in [2.75, 3.05) is 16.9 Å². The highest BCUT2D eigenvalue weighted by molar-refractivity contribution is 9.10. The number of hydrogen-bond acceptors (Lipinski definition) is 5. The third-order valence-corrected chi connectivity index (χ3v) is 3.46. The second-order valence-corrected chi connectivity index (χ2v) is 4.48. The van der Waals surface area contributed by atoms with Crippen LogP contribution in [-0.2, 0) is 0 Å². The van der Waals surface area contributed by atoms with E-state index < -0.39 is 0 Å². The molecule has 1 aromatic heterocycles. The average molecular weight is 272 g/mol. The van der Waals surface area contributed by atoms with Crippen LogP contribution < -0.4 is 16.2 Å². The monoisotopic (exact) mass is 271 g/mol. The van der Waals surface area contributed by atoms with Gasteiger partial charge in [0.1, 0.15) is 16.6 Å². The van der Waals surface area contributed by atoms with Crippen molar-refractivity contribution in [2.24, 2.45) is 5.84 Å². The molecule has 1 aliphatic rings. The number of hydrogen-bond donors (Lipinski definition) is 2. The van der Waals surface area contributed by atoms with Crippen molar-refractivity contribution in [1.82, 2.24) is 9.97 Å². The van der Waals surface area contributed by atoms with Crippen LogP contribution in [0, 0.1) is 0 Å². The predicted octanol–water partition coefficient (Wildman–Crippen LogP) is 1.51. The van der Waals surface area contributed by atoms with Gasteiger partial charge in [0.15, 0.2) is 5.82 Å². The summed E-state index contributed by atoms with van der Waals surface area (Å²) >= 11 is 3.47. The van der Waals surface area contributed by atoms with Crippen LogP contribution >= 0.6 is 15.9 Å². The molecule has 2 heterocycles. The van der Waals surface area contributed by atoms with Gasteiger partial charge in [-0.1, -0.05) is 0 Å². The van der Waals surface area contributed by atoms with Crippen molar-refractivity contribution in [3.63, 3.8) is 0 Å². The van der Waals surface area contributed by atoms with E-state index in [2.05, 4.69) is 43.1 Å². The molecule has 0 radical (unpaired) electrons. The molecule has 2 rings (SSSR count). The normalized spacial score (nSPS) is 20.7. The van der Waals surface area contributed by atoms with Gasteiger partial charge < -0.3 is 10.3 Å². The molecule has 0 saturated carbocycles. The average Bonchev–Trinajstić information content (AvgIpc) is 2.65. The summed E-state index contributed by atoms with van der Waals surface area (Å²) < 4.78 is 0.834. The highest BCUT2D eigenvalue weighted by atomic mass is 79.9. The minimum atomic E-state index is 0.529. The lowest BCUT2D eigenvalue weighted by Crippen LogP contribution is -2.28. The molecule has 0 aliphatic carbocycles. The van der Waals surface area contributed by atoms with Crippen molar-refractivity contribution < 1.29 is 0 Å². The Balaban J connectivity index is 2.35. The van der Waals surface area contributed by atoms with Gasteiger partial charge >= 0.3 is 0 Å². The van der Waals surface area contributed by atoms with Gasteiger partial charge in [-0.25, -0.2) is 15.8 Å². The van der Waals surface area contributed by atoms with E-state index in [-0.39, 0.29) is 0 Å². The third kappa shape index (κ3) is 1.91. The maximum absolute atomic E-state index is 5.36. The van der Waals surface area contributed by atoms with Gasteiger partial charge in [0, 0.05) is 12.6 Å². The molecule has 1 aliphatic heterocycles. The van der Waals surface area contributed by atoms with Crippen molar-refractivity contribution in [2.45, 2.75) is 25.8 Å². The molecule has 6 heteroatoms. The maximum Gasteiger partial charge on any atom is 0.159 e. The molecule has 1 atom stereocenters. The number of nitrogens with zero attached hydrogens (tertiary/aromatic N) is 3. The van der Waals surface area contributed by atoms with E-state index in [1.807, 2.05) is 0 Å². The number of nitrogens with one attached hydrogen (secondary N) is 1. The number of hydrazine groups is 1. The molecule has 5 nitrogen and oxygen atoms in total. The Hall–Kier alpha value is -0.880. The standard InChI is InChI=1S/C9H14BrN5/c1-6-3-2-4-15(6)9-7(10)8(14-11)12-5-13-9/h5-6H,2-4,11H2,1H3,(H,12,13,14). The van der Waals surface area contributed by atoms with E-state index >= 15 is 0 Å². The number of halogens is 1. The van der Waals surface area contributed by atoms with Crippen LogP contribution in [0.4, 0.5) is 11.6 Å². The van der Waals surface area contributed by atoms with E-state index in [1.165, 1.54) is 19.2 Å². The first-order valence-corrected chi connectivity index (χ1v) is 5.77. The van der Waals surface area contributed by atoms with E-state index in [0.29, 0.717) is 11.9 Å². The van der Waals surface area contributed by atoms with Crippen molar-refractivity contribution >= 4 is 27.6 Å². The highest BCUT2D eigenvalue weighted by Gasteiger charge is 2.24. The smallest absolute Gasteiger partial charge is 0.159 e. The molecule has 1 fully saturated rings. The van der Waals surface area contributed by atoms with Gasteiger partial charge in [0.25, 0.3) is 0 Å². The summed E-state index contributed by atoms with van der Waals surface area (Å²) in [6, 6.07) is 0.529. The lowest BCUT2D eigenvalue weighted by molar-refractivity contribution is 0.724. The Bertz CT molecular complexity index is 356. The summed E-state index contributed by atoms with van der Waals surface area (Å²) in [5.41, 5.74) is 2.55. The van der Waals surface area contributed by atoms with Crippen LogP contribution in [0.25, 0.3) is 0 Å². The van der Waals surface area contributed by atoms with E-state index in [4.69, 9.17) is 5.84 Å². The SMILES string of the molecule is CC1CCCN1c1ncnc(NN)c1Br. The predicted molar refractivity (Wildman–Crippen MR) is 63.6 cm³/mol. The first-order valence-electron chi connectivity index (χ1n) is 4.97. The van der Waals surface area contributed by atoms with Gasteiger partial charge in [-0.15, -0.1) is 0 Å². The minimum absolute atomic E-state index is 0.529. The maximum atomic E-state index is 5.36. The van der Waals surface area contributed by atoms with E-state index in [1.54, 1.807) is 0 Å². The first-order chi connectivity index (χ1) is 7.24. The largest absolute Gasteiger partial charge is 0.353 e. The Morgan fingerprint density at radius 3 is 3.00 bits per heavy atom. The Morgan fingerprint density at radius 2 is 2.40 bits per heavy atom. The van der Waals surface area contributed by atoms with Gasteiger partial charge in [-0.3, -0.25) is 0 Å². The fraction of sp³-hybridized carbons (Fsp3) is 0.556. The second-order valence-electron chi connectivity index (χ2n) is 3.69. The molecule has 0 aromatic carbocycles. The molecule has 0 spiro atoms. The molecule has 15 heavy (non-hydrogen) atoms. The molecular formula is C9H14BrN5. The van der Waals surface area contributed by atoms with Gasteiger partial charge in [0.2, 0.25) is 0 Å². The van der Waals surface area contributed by atoms with Gasteiger partial charge in [-0.2, -0.15) is 0 Å². The fourth-order valence-corrected chi connectivity index (χ4v) is 2.46. The zero-order valence-corrected chi connectivity index (χ0v) is 10.2. The summed E-state index contributed by atoms with van der Waals surface area (Å²) in [5, 5.41) is 0. The van der Waals surface area contributed by atoms with Gasteiger partial charge in [0.05, 0.1) is 0 Å². The summed E-state index contributed by atoms with van der Waals surface area (Å²) in [4.78, 5) is 10.6. The summed E-state index contributed by atoms with van der Waals surface area (Å²) in [7, 11) is 0. The van der Waals surface area contributed by atoms with Crippen molar-refractivity contribution in [1.29, 1.82) is 0 Å². The number of aromatic nitrogens is 2. The Kier molecular flexibility index (Phi) is 3.06. The van der Waals surface area contributed by atoms with Crippen LogP contribution in [0.15, 0.2) is 10.8 Å². The topological polar surface area (TPSA) is 67.1 Å². The van der Waals surface area contributed by atoms with Crippen LogP contribution in [0.3, 0.4) is 0 Å². The summed E-state index contributed by atoms with van der Waals surface area (Å²) in [6.45, 7) is 3.25. The van der Waals surface area contributed by atoms with Crippen molar-refractivity contribution in [3.8, 4) is 0 Å². The zero-order valence-electron chi connectivity index (χ0n) is 8.57. The van der Waals surface area contributed by atoms with Crippen LogP contribution in [0.1, 0.15) is 19.8 Å². The van der Waals surface area contributed by atoms with E-state index in [9.17, 15) is 0 Å². The van der Waals surface area contributed by atoms with Crippen LogP contribution in [0.2, 0.25) is 0 Å². The molecule has 1 aromatic rings. The molecule has 1 saturated heterocycles. The lowest BCUT2D eigenvalue weighted by Gasteiger charge is -2.23. The first kappa shape index (κ1) is 10.6. The number of nitrogens with two attached hydrogens (primary N) is 1. The van der Waals surface area contributed by atoms with Crippen LogP contribution in [0.5, 0.6) is 0 Å². The highest BCUT2D eigenvalue weighted by Crippen LogP contribution is 2.33. The van der Waals surface area contributed by atoms with Gasteiger partial charge in [-0.05, 0) is 35.7 Å². The zero-order chi connectivity index (χ0) is 10.8. The summed E-state index contributed by atoms with van der Waals surface area (Å²) in [6.07, 6.45) is 3.95. The number of rotatable bonds is 2. The van der Waals surface area contributed by atoms with Crippen LogP contribution in [-0.4, -0.2) is 22.6 Å². The molecule has 3 N–H and O–H groups in total.